The average molecular weight is 130 g/mol. The minimum Gasteiger partial charge on any atom is -0.495 e. The molecule has 0 spiro atoms. The molecule has 3 heteroatoms. The molecule has 0 aliphatic carbocycles. The van der Waals surface area contributed by atoms with Crippen LogP contribution in [0.1, 0.15) is 6.42 Å². The highest BCUT2D eigenvalue weighted by molar-refractivity contribution is 5.03. The summed E-state index contributed by atoms with van der Waals surface area (Å²) in [5.41, 5.74) is 0. The molecular weight excluding hydrogens is 120 g/mol. The molecule has 0 amide bonds. The first kappa shape index (κ1) is 6.58. The predicted molar refractivity (Wildman–Crippen MR) is 31.7 cm³/mol. The van der Waals surface area contributed by atoms with Crippen LogP contribution in [0.5, 0.6) is 0 Å². The standard InChI is InChI=1S/C6H10O3/c7-4-5(8)6-2-1-3-9-6/h2,5,7-8H,1,3-4H2/t5-/m1/s1. The Balaban J connectivity index is 2.40. The molecule has 0 aromatic carbocycles. The summed E-state index contributed by atoms with van der Waals surface area (Å²) in [6, 6.07) is 0. The van der Waals surface area contributed by atoms with Crippen molar-refractivity contribution in [2.24, 2.45) is 0 Å². The van der Waals surface area contributed by atoms with Gasteiger partial charge >= 0.3 is 0 Å². The summed E-state index contributed by atoms with van der Waals surface area (Å²) in [4.78, 5) is 0. The average Bonchev–Trinajstić information content (AvgIpc) is 2.37. The van der Waals surface area contributed by atoms with Gasteiger partial charge in [0, 0.05) is 6.42 Å². The van der Waals surface area contributed by atoms with Gasteiger partial charge in [-0.05, 0) is 6.08 Å². The summed E-state index contributed by atoms with van der Waals surface area (Å²) in [5.74, 6) is 0.512. The van der Waals surface area contributed by atoms with Gasteiger partial charge in [0.1, 0.15) is 11.9 Å². The van der Waals surface area contributed by atoms with E-state index in [-0.39, 0.29) is 6.61 Å². The molecule has 9 heavy (non-hydrogen) atoms. The van der Waals surface area contributed by atoms with Crippen molar-refractivity contribution in [1.29, 1.82) is 0 Å². The summed E-state index contributed by atoms with van der Waals surface area (Å²) in [7, 11) is 0. The van der Waals surface area contributed by atoms with Crippen molar-refractivity contribution in [1.82, 2.24) is 0 Å². The lowest BCUT2D eigenvalue weighted by Gasteiger charge is -2.07. The second-order valence-electron chi connectivity index (χ2n) is 1.94. The first-order valence-electron chi connectivity index (χ1n) is 2.96. The van der Waals surface area contributed by atoms with Crippen molar-refractivity contribution in [3.63, 3.8) is 0 Å². The van der Waals surface area contributed by atoms with Gasteiger partial charge in [0.2, 0.25) is 0 Å². The van der Waals surface area contributed by atoms with E-state index in [1.807, 2.05) is 0 Å². The zero-order valence-corrected chi connectivity index (χ0v) is 5.08. The maximum Gasteiger partial charge on any atom is 0.134 e. The van der Waals surface area contributed by atoms with Crippen molar-refractivity contribution in [2.75, 3.05) is 13.2 Å². The number of hydrogen-bond donors (Lipinski definition) is 2. The lowest BCUT2D eigenvalue weighted by Crippen LogP contribution is -2.15. The van der Waals surface area contributed by atoms with Crippen molar-refractivity contribution < 1.29 is 14.9 Å². The van der Waals surface area contributed by atoms with Crippen LogP contribution in [0.3, 0.4) is 0 Å². The molecule has 0 fully saturated rings. The molecule has 0 unspecified atom stereocenters. The molecule has 1 heterocycles. The van der Waals surface area contributed by atoms with E-state index in [0.717, 1.165) is 6.42 Å². The smallest absolute Gasteiger partial charge is 0.134 e. The van der Waals surface area contributed by atoms with E-state index in [9.17, 15) is 0 Å². The van der Waals surface area contributed by atoms with E-state index in [1.165, 1.54) is 0 Å². The highest BCUT2D eigenvalue weighted by Gasteiger charge is 2.13. The molecule has 1 aliphatic rings. The molecule has 3 nitrogen and oxygen atoms in total. The van der Waals surface area contributed by atoms with Crippen molar-refractivity contribution in [3.05, 3.63) is 11.8 Å². The fourth-order valence-corrected chi connectivity index (χ4v) is 0.759. The molecule has 1 rings (SSSR count). The molecular formula is C6H10O3. The lowest BCUT2D eigenvalue weighted by molar-refractivity contribution is 0.0691. The van der Waals surface area contributed by atoms with Crippen LogP contribution < -0.4 is 0 Å². The summed E-state index contributed by atoms with van der Waals surface area (Å²) in [6.07, 6.45) is 1.82. The van der Waals surface area contributed by atoms with Crippen LogP contribution in [-0.4, -0.2) is 29.5 Å². The van der Waals surface area contributed by atoms with Crippen molar-refractivity contribution >= 4 is 0 Å². The van der Waals surface area contributed by atoms with E-state index in [1.54, 1.807) is 6.08 Å². The fraction of sp³-hybridized carbons (Fsp3) is 0.667. The number of aliphatic hydroxyl groups is 2. The fourth-order valence-electron chi connectivity index (χ4n) is 0.759. The Hall–Kier alpha value is -0.540. The first-order chi connectivity index (χ1) is 4.34. The number of rotatable bonds is 2. The molecule has 52 valence electrons. The van der Waals surface area contributed by atoms with Crippen LogP contribution in [-0.2, 0) is 4.74 Å². The summed E-state index contributed by atoms with van der Waals surface area (Å²) in [6.45, 7) is 0.373. The van der Waals surface area contributed by atoms with Crippen LogP contribution >= 0.6 is 0 Å². The number of aliphatic hydroxyl groups excluding tert-OH is 2. The molecule has 0 bridgehead atoms. The maximum absolute atomic E-state index is 8.91. The van der Waals surface area contributed by atoms with Gasteiger partial charge in [-0.1, -0.05) is 0 Å². The molecule has 1 aliphatic heterocycles. The molecule has 0 aromatic rings. The highest BCUT2D eigenvalue weighted by Crippen LogP contribution is 2.12. The van der Waals surface area contributed by atoms with Gasteiger partial charge in [-0.3, -0.25) is 0 Å². The SMILES string of the molecule is OC[C@@H](O)C1=CCCO1. The summed E-state index contributed by atoms with van der Waals surface area (Å²) in [5, 5.41) is 17.3. The zero-order valence-electron chi connectivity index (χ0n) is 5.08. The van der Waals surface area contributed by atoms with Gasteiger partial charge in [-0.25, -0.2) is 0 Å². The Bertz CT molecular complexity index is 119. The lowest BCUT2D eigenvalue weighted by atomic mass is 10.3. The quantitative estimate of drug-likeness (QED) is 0.537. The van der Waals surface area contributed by atoms with Crippen LogP contribution in [0.4, 0.5) is 0 Å². The Morgan fingerprint density at radius 3 is 3.00 bits per heavy atom. The van der Waals surface area contributed by atoms with Gasteiger partial charge in [-0.2, -0.15) is 0 Å². The topological polar surface area (TPSA) is 49.7 Å². The second-order valence-corrected chi connectivity index (χ2v) is 1.94. The molecule has 0 saturated heterocycles. The van der Waals surface area contributed by atoms with Gasteiger partial charge in [0.25, 0.3) is 0 Å². The summed E-state index contributed by atoms with van der Waals surface area (Å²) < 4.78 is 4.96. The molecule has 0 radical (unpaired) electrons. The minimum absolute atomic E-state index is 0.258. The Labute approximate surface area is 53.6 Å². The number of ether oxygens (including phenoxy) is 1. The number of hydrogen-bond acceptors (Lipinski definition) is 3. The van der Waals surface area contributed by atoms with Crippen LogP contribution in [0.2, 0.25) is 0 Å². The van der Waals surface area contributed by atoms with Crippen molar-refractivity contribution in [2.45, 2.75) is 12.5 Å². The van der Waals surface area contributed by atoms with Crippen LogP contribution in [0.25, 0.3) is 0 Å². The van der Waals surface area contributed by atoms with E-state index in [2.05, 4.69) is 0 Å². The first-order valence-corrected chi connectivity index (χ1v) is 2.96. The monoisotopic (exact) mass is 130 g/mol. The molecule has 1 atom stereocenters. The largest absolute Gasteiger partial charge is 0.495 e. The zero-order chi connectivity index (χ0) is 6.69. The van der Waals surface area contributed by atoms with Crippen molar-refractivity contribution in [3.8, 4) is 0 Å². The van der Waals surface area contributed by atoms with E-state index >= 15 is 0 Å². The Morgan fingerprint density at radius 2 is 2.56 bits per heavy atom. The molecule has 0 aromatic heterocycles. The third kappa shape index (κ3) is 1.43. The van der Waals surface area contributed by atoms with Gasteiger partial charge in [0.05, 0.1) is 13.2 Å². The highest BCUT2D eigenvalue weighted by atomic mass is 16.5. The summed E-state index contributed by atoms with van der Waals surface area (Å²) >= 11 is 0. The molecule has 2 N–H and O–H groups in total. The predicted octanol–water partition coefficient (Wildman–Crippen LogP) is -0.356. The van der Waals surface area contributed by atoms with Gasteiger partial charge in [0.15, 0.2) is 0 Å². The second kappa shape index (κ2) is 2.85. The van der Waals surface area contributed by atoms with Gasteiger partial charge in [-0.15, -0.1) is 0 Å². The van der Waals surface area contributed by atoms with E-state index in [4.69, 9.17) is 14.9 Å². The normalized spacial score (nSPS) is 20.9. The van der Waals surface area contributed by atoms with E-state index in [0.29, 0.717) is 12.4 Å². The third-order valence-corrected chi connectivity index (χ3v) is 1.23. The minimum atomic E-state index is -0.813. The van der Waals surface area contributed by atoms with Crippen LogP contribution in [0, 0.1) is 0 Å². The van der Waals surface area contributed by atoms with Gasteiger partial charge < -0.3 is 14.9 Å². The third-order valence-electron chi connectivity index (χ3n) is 1.23. The Kier molecular flexibility index (Phi) is 2.08. The maximum atomic E-state index is 8.91. The van der Waals surface area contributed by atoms with Crippen LogP contribution in [0.15, 0.2) is 11.8 Å². The van der Waals surface area contributed by atoms with E-state index < -0.39 is 6.10 Å². The molecule has 0 saturated carbocycles. The Morgan fingerprint density at radius 1 is 1.78 bits per heavy atom.